The molecule has 4 nitrogen and oxygen atoms in total. The highest BCUT2D eigenvalue weighted by Crippen LogP contribution is 2.43. The molecule has 1 saturated carbocycles. The topological polar surface area (TPSA) is 39.7 Å². The molecule has 0 aromatic heterocycles. The van der Waals surface area contributed by atoms with Gasteiger partial charge in [-0.3, -0.25) is 0 Å². The first kappa shape index (κ1) is 12.3. The van der Waals surface area contributed by atoms with Crippen molar-refractivity contribution in [2.45, 2.75) is 43.7 Å². The second-order valence-electron chi connectivity index (χ2n) is 6.08. The molecule has 108 valence electrons. The van der Waals surface area contributed by atoms with Crippen molar-refractivity contribution in [3.05, 3.63) is 18.2 Å². The average Bonchev–Trinajstić information content (AvgIpc) is 2.46. The summed E-state index contributed by atoms with van der Waals surface area (Å²) in [7, 11) is 0. The zero-order valence-corrected chi connectivity index (χ0v) is 11.7. The van der Waals surface area contributed by atoms with Gasteiger partial charge in [0, 0.05) is 24.4 Å². The number of fused-ring (bicyclic) bond motifs is 1. The second-order valence-corrected chi connectivity index (χ2v) is 6.08. The standard InChI is InChI=1S/C16H21NO3/c1-5-16(6-1)11-13(4-7-20-16)17-12-2-3-14-15(10-12)19-9-8-18-14/h2-3,10,13,17H,1,4-9,11H2. The first-order valence-corrected chi connectivity index (χ1v) is 7.63. The lowest BCUT2D eigenvalue weighted by Gasteiger charge is -2.47. The van der Waals surface area contributed by atoms with Crippen LogP contribution in [0.15, 0.2) is 18.2 Å². The molecule has 1 spiro atoms. The lowest BCUT2D eigenvalue weighted by atomic mass is 9.74. The molecule has 1 aromatic rings. The lowest BCUT2D eigenvalue weighted by Crippen LogP contribution is -2.49. The van der Waals surface area contributed by atoms with Gasteiger partial charge in [0.1, 0.15) is 13.2 Å². The van der Waals surface area contributed by atoms with E-state index in [4.69, 9.17) is 14.2 Å². The van der Waals surface area contributed by atoms with Gasteiger partial charge in [0.15, 0.2) is 11.5 Å². The maximum absolute atomic E-state index is 5.98. The van der Waals surface area contributed by atoms with Crippen LogP contribution in [0.5, 0.6) is 11.5 Å². The van der Waals surface area contributed by atoms with Gasteiger partial charge >= 0.3 is 0 Å². The fourth-order valence-electron chi connectivity index (χ4n) is 3.44. The van der Waals surface area contributed by atoms with Crippen molar-refractivity contribution in [3.63, 3.8) is 0 Å². The Morgan fingerprint density at radius 2 is 1.90 bits per heavy atom. The van der Waals surface area contributed by atoms with Crippen molar-refractivity contribution in [1.29, 1.82) is 0 Å². The van der Waals surface area contributed by atoms with Crippen LogP contribution in [0.4, 0.5) is 5.69 Å². The van der Waals surface area contributed by atoms with E-state index in [0.29, 0.717) is 19.3 Å². The van der Waals surface area contributed by atoms with Gasteiger partial charge in [-0.15, -0.1) is 0 Å². The van der Waals surface area contributed by atoms with E-state index in [0.717, 1.165) is 36.6 Å². The molecule has 3 aliphatic rings. The van der Waals surface area contributed by atoms with Crippen molar-refractivity contribution in [2.75, 3.05) is 25.1 Å². The molecule has 1 unspecified atom stereocenters. The Hall–Kier alpha value is -1.42. The summed E-state index contributed by atoms with van der Waals surface area (Å²) in [6.45, 7) is 2.15. The van der Waals surface area contributed by atoms with E-state index in [-0.39, 0.29) is 5.60 Å². The molecular formula is C16H21NO3. The highest BCUT2D eigenvalue weighted by molar-refractivity contribution is 5.55. The third kappa shape index (κ3) is 2.22. The summed E-state index contributed by atoms with van der Waals surface area (Å²) >= 11 is 0. The number of rotatable bonds is 2. The van der Waals surface area contributed by atoms with Crippen LogP contribution in [0.3, 0.4) is 0 Å². The maximum Gasteiger partial charge on any atom is 0.163 e. The zero-order valence-electron chi connectivity index (χ0n) is 11.7. The van der Waals surface area contributed by atoms with Crippen LogP contribution >= 0.6 is 0 Å². The van der Waals surface area contributed by atoms with Crippen LogP contribution in [0, 0.1) is 0 Å². The molecule has 2 fully saturated rings. The Bertz CT molecular complexity index is 498. The van der Waals surface area contributed by atoms with E-state index in [1.165, 1.54) is 19.3 Å². The second kappa shape index (κ2) is 4.85. The van der Waals surface area contributed by atoms with Gasteiger partial charge in [0.2, 0.25) is 0 Å². The molecule has 1 N–H and O–H groups in total. The molecule has 1 atom stereocenters. The Morgan fingerprint density at radius 3 is 2.70 bits per heavy atom. The molecule has 1 saturated heterocycles. The average molecular weight is 275 g/mol. The van der Waals surface area contributed by atoms with Crippen LogP contribution in [-0.4, -0.2) is 31.5 Å². The van der Waals surface area contributed by atoms with Crippen molar-refractivity contribution in [1.82, 2.24) is 0 Å². The Morgan fingerprint density at radius 1 is 1.05 bits per heavy atom. The van der Waals surface area contributed by atoms with Crippen molar-refractivity contribution >= 4 is 5.69 Å². The third-order valence-corrected chi connectivity index (χ3v) is 4.67. The zero-order chi connectivity index (χ0) is 13.4. The summed E-state index contributed by atoms with van der Waals surface area (Å²) in [6.07, 6.45) is 5.98. The third-order valence-electron chi connectivity index (χ3n) is 4.67. The summed E-state index contributed by atoms with van der Waals surface area (Å²) in [5, 5.41) is 3.64. The van der Waals surface area contributed by atoms with Gasteiger partial charge in [-0.2, -0.15) is 0 Å². The molecular weight excluding hydrogens is 254 g/mol. The summed E-state index contributed by atoms with van der Waals surface area (Å²) in [6, 6.07) is 6.63. The number of hydrogen-bond acceptors (Lipinski definition) is 4. The number of anilines is 1. The summed E-state index contributed by atoms with van der Waals surface area (Å²) in [5.74, 6) is 1.70. The van der Waals surface area contributed by atoms with Crippen molar-refractivity contribution in [2.24, 2.45) is 0 Å². The van der Waals surface area contributed by atoms with Gasteiger partial charge in [0.05, 0.1) is 5.60 Å². The van der Waals surface area contributed by atoms with Crippen LogP contribution in [-0.2, 0) is 4.74 Å². The van der Waals surface area contributed by atoms with Crippen LogP contribution in [0.1, 0.15) is 32.1 Å². The molecule has 0 radical (unpaired) electrons. The predicted octanol–water partition coefficient (Wildman–Crippen LogP) is 2.97. The lowest BCUT2D eigenvalue weighted by molar-refractivity contribution is -0.130. The van der Waals surface area contributed by atoms with Gasteiger partial charge in [-0.1, -0.05) is 0 Å². The van der Waals surface area contributed by atoms with E-state index in [1.54, 1.807) is 0 Å². The molecule has 4 rings (SSSR count). The highest BCUT2D eigenvalue weighted by Gasteiger charge is 2.42. The number of benzene rings is 1. The van der Waals surface area contributed by atoms with Gasteiger partial charge in [-0.25, -0.2) is 0 Å². The first-order valence-electron chi connectivity index (χ1n) is 7.63. The predicted molar refractivity (Wildman–Crippen MR) is 76.6 cm³/mol. The van der Waals surface area contributed by atoms with E-state index in [2.05, 4.69) is 17.4 Å². The Labute approximate surface area is 119 Å². The Kier molecular flexibility index (Phi) is 2.99. The fourth-order valence-corrected chi connectivity index (χ4v) is 3.44. The molecule has 4 heteroatoms. The van der Waals surface area contributed by atoms with E-state index in [9.17, 15) is 0 Å². The molecule has 2 heterocycles. The smallest absolute Gasteiger partial charge is 0.163 e. The van der Waals surface area contributed by atoms with Gasteiger partial charge in [0.25, 0.3) is 0 Å². The molecule has 2 aliphatic heterocycles. The summed E-state index contributed by atoms with van der Waals surface area (Å²) in [5.41, 5.74) is 1.31. The SMILES string of the molecule is c1cc2c(cc1NC1CCOC3(CCC3)C1)OCCO2. The van der Waals surface area contributed by atoms with Gasteiger partial charge in [-0.05, 0) is 44.2 Å². The molecule has 1 aromatic carbocycles. The normalized spacial score (nSPS) is 26.9. The Balaban J connectivity index is 1.45. The molecule has 0 amide bonds. The van der Waals surface area contributed by atoms with Crippen molar-refractivity contribution in [3.8, 4) is 11.5 Å². The summed E-state index contributed by atoms with van der Waals surface area (Å²) in [4.78, 5) is 0. The molecule has 0 bridgehead atoms. The largest absolute Gasteiger partial charge is 0.486 e. The monoisotopic (exact) mass is 275 g/mol. The number of hydrogen-bond donors (Lipinski definition) is 1. The molecule has 1 aliphatic carbocycles. The van der Waals surface area contributed by atoms with Crippen LogP contribution in [0.2, 0.25) is 0 Å². The van der Waals surface area contributed by atoms with Gasteiger partial charge < -0.3 is 19.5 Å². The summed E-state index contributed by atoms with van der Waals surface area (Å²) < 4.78 is 17.2. The highest BCUT2D eigenvalue weighted by atomic mass is 16.6. The minimum Gasteiger partial charge on any atom is -0.486 e. The minimum atomic E-state index is 0.184. The maximum atomic E-state index is 5.98. The molecule has 20 heavy (non-hydrogen) atoms. The van der Waals surface area contributed by atoms with Crippen LogP contribution < -0.4 is 14.8 Å². The van der Waals surface area contributed by atoms with E-state index >= 15 is 0 Å². The fraction of sp³-hybridized carbons (Fsp3) is 0.625. The number of ether oxygens (including phenoxy) is 3. The van der Waals surface area contributed by atoms with E-state index in [1.807, 2.05) is 6.07 Å². The van der Waals surface area contributed by atoms with Crippen molar-refractivity contribution < 1.29 is 14.2 Å². The minimum absolute atomic E-state index is 0.184. The first-order chi connectivity index (χ1) is 9.83. The van der Waals surface area contributed by atoms with E-state index < -0.39 is 0 Å². The number of nitrogens with one attached hydrogen (secondary N) is 1. The quantitative estimate of drug-likeness (QED) is 0.900. The van der Waals surface area contributed by atoms with Crippen LogP contribution in [0.25, 0.3) is 0 Å².